The number of hydrogen-bond donors (Lipinski definition) is 1. The van der Waals surface area contributed by atoms with Crippen LogP contribution in [0, 0.1) is 11.3 Å². The highest BCUT2D eigenvalue weighted by molar-refractivity contribution is 5.70. The lowest BCUT2D eigenvalue weighted by Gasteiger charge is -2.24. The second kappa shape index (κ2) is 5.84. The zero-order chi connectivity index (χ0) is 11.2. The highest BCUT2D eigenvalue weighted by Gasteiger charge is 2.28. The summed E-state index contributed by atoms with van der Waals surface area (Å²) in [5.41, 5.74) is -0.250. The van der Waals surface area contributed by atoms with E-state index in [0.29, 0.717) is 0 Å². The van der Waals surface area contributed by atoms with Gasteiger partial charge in [0, 0.05) is 0 Å². The molecule has 1 unspecified atom stereocenters. The highest BCUT2D eigenvalue weighted by atomic mass is 16.4. The Bertz CT molecular complexity index is 204. The minimum absolute atomic E-state index is 0.250. The number of hydrogen-bond acceptors (Lipinski definition) is 1. The van der Waals surface area contributed by atoms with Gasteiger partial charge in [0.05, 0.1) is 5.92 Å². The SMILES string of the molecule is CCCC/C=C/C(C)(C)C(C)C(=O)O. The molecule has 0 rings (SSSR count). The smallest absolute Gasteiger partial charge is 0.307 e. The van der Waals surface area contributed by atoms with Gasteiger partial charge in [-0.15, -0.1) is 0 Å². The van der Waals surface area contributed by atoms with Gasteiger partial charge in [-0.2, -0.15) is 0 Å². The van der Waals surface area contributed by atoms with E-state index in [4.69, 9.17) is 5.11 Å². The summed E-state index contributed by atoms with van der Waals surface area (Å²) in [6.45, 7) is 7.84. The van der Waals surface area contributed by atoms with E-state index in [-0.39, 0.29) is 11.3 Å². The molecule has 0 saturated heterocycles. The first-order valence-corrected chi connectivity index (χ1v) is 5.32. The maximum atomic E-state index is 10.8. The van der Waals surface area contributed by atoms with Crippen molar-refractivity contribution in [3.63, 3.8) is 0 Å². The summed E-state index contributed by atoms with van der Waals surface area (Å²) in [7, 11) is 0. The van der Waals surface area contributed by atoms with Crippen LogP contribution in [0.4, 0.5) is 0 Å². The zero-order valence-corrected chi connectivity index (χ0v) is 9.71. The summed E-state index contributed by atoms with van der Waals surface area (Å²) >= 11 is 0. The largest absolute Gasteiger partial charge is 0.481 e. The molecule has 1 atom stereocenters. The molecule has 1 N–H and O–H groups in total. The van der Waals surface area contributed by atoms with Gasteiger partial charge in [0.2, 0.25) is 0 Å². The van der Waals surface area contributed by atoms with Crippen LogP contribution in [-0.2, 0) is 4.79 Å². The quantitative estimate of drug-likeness (QED) is 0.524. The van der Waals surface area contributed by atoms with Gasteiger partial charge in [-0.25, -0.2) is 0 Å². The van der Waals surface area contributed by atoms with Gasteiger partial charge < -0.3 is 5.11 Å². The Balaban J connectivity index is 4.18. The molecule has 2 heteroatoms. The molecule has 0 aliphatic carbocycles. The van der Waals surface area contributed by atoms with E-state index in [1.807, 2.05) is 19.9 Å². The molecular weight excluding hydrogens is 176 g/mol. The van der Waals surface area contributed by atoms with Crippen LogP contribution in [0.3, 0.4) is 0 Å². The van der Waals surface area contributed by atoms with Crippen molar-refractivity contribution in [2.75, 3.05) is 0 Å². The van der Waals surface area contributed by atoms with Crippen molar-refractivity contribution < 1.29 is 9.90 Å². The lowest BCUT2D eigenvalue weighted by atomic mass is 9.79. The average Bonchev–Trinajstić information content (AvgIpc) is 2.11. The van der Waals surface area contributed by atoms with Crippen LogP contribution in [0.15, 0.2) is 12.2 Å². The summed E-state index contributed by atoms with van der Waals surface area (Å²) in [6, 6.07) is 0. The lowest BCUT2D eigenvalue weighted by molar-refractivity contribution is -0.143. The first kappa shape index (κ1) is 13.2. The van der Waals surface area contributed by atoms with Crippen LogP contribution in [0.25, 0.3) is 0 Å². The molecule has 0 aromatic carbocycles. The van der Waals surface area contributed by atoms with Crippen molar-refractivity contribution >= 4 is 5.97 Å². The predicted octanol–water partition coefficient (Wildman–Crippen LogP) is 3.48. The van der Waals surface area contributed by atoms with Gasteiger partial charge in [-0.05, 0) is 11.8 Å². The third-order valence-corrected chi connectivity index (χ3v) is 2.76. The van der Waals surface area contributed by atoms with E-state index in [9.17, 15) is 4.79 Å². The van der Waals surface area contributed by atoms with E-state index in [1.54, 1.807) is 6.92 Å². The molecule has 0 radical (unpaired) electrons. The third-order valence-electron chi connectivity index (χ3n) is 2.76. The lowest BCUT2D eigenvalue weighted by Crippen LogP contribution is -2.26. The summed E-state index contributed by atoms with van der Waals surface area (Å²) < 4.78 is 0. The van der Waals surface area contributed by atoms with Gasteiger partial charge in [-0.1, -0.05) is 52.7 Å². The molecule has 82 valence electrons. The van der Waals surface area contributed by atoms with Crippen molar-refractivity contribution in [2.24, 2.45) is 11.3 Å². The van der Waals surface area contributed by atoms with Crippen LogP contribution in [0.1, 0.15) is 47.0 Å². The molecule has 0 aliphatic heterocycles. The molecule has 0 spiro atoms. The van der Waals surface area contributed by atoms with Crippen molar-refractivity contribution in [1.29, 1.82) is 0 Å². The number of allylic oxidation sites excluding steroid dienone is 2. The van der Waals surface area contributed by atoms with Crippen LogP contribution in [0.2, 0.25) is 0 Å². The number of carbonyl (C=O) groups is 1. The molecule has 0 saturated carbocycles. The molecule has 2 nitrogen and oxygen atoms in total. The molecule has 0 aliphatic rings. The molecule has 0 aromatic rings. The standard InChI is InChI=1S/C12H22O2/c1-5-6-7-8-9-12(3,4)10(2)11(13)14/h8-10H,5-7H2,1-4H3,(H,13,14)/b9-8+. The molecule has 0 bridgehead atoms. The van der Waals surface area contributed by atoms with Gasteiger partial charge in [0.25, 0.3) is 0 Å². The number of carboxylic acids is 1. The number of aliphatic carboxylic acids is 1. The zero-order valence-electron chi connectivity index (χ0n) is 9.71. The maximum absolute atomic E-state index is 10.8. The van der Waals surface area contributed by atoms with Crippen LogP contribution >= 0.6 is 0 Å². The Morgan fingerprint density at radius 1 is 1.50 bits per heavy atom. The molecule has 14 heavy (non-hydrogen) atoms. The fraction of sp³-hybridized carbons (Fsp3) is 0.750. The fourth-order valence-corrected chi connectivity index (χ4v) is 1.17. The summed E-state index contributed by atoms with van der Waals surface area (Å²) in [5.74, 6) is -1.06. The summed E-state index contributed by atoms with van der Waals surface area (Å²) in [4.78, 5) is 10.8. The normalized spacial score (nSPS) is 14.6. The average molecular weight is 198 g/mol. The first-order valence-electron chi connectivity index (χ1n) is 5.32. The van der Waals surface area contributed by atoms with Crippen molar-refractivity contribution in [3.8, 4) is 0 Å². The van der Waals surface area contributed by atoms with Gasteiger partial charge in [0.15, 0.2) is 0 Å². The second-order valence-corrected chi connectivity index (χ2v) is 4.43. The van der Waals surface area contributed by atoms with Gasteiger partial charge in [0.1, 0.15) is 0 Å². The van der Waals surface area contributed by atoms with Crippen LogP contribution < -0.4 is 0 Å². The minimum Gasteiger partial charge on any atom is -0.481 e. The Labute approximate surface area is 87.0 Å². The van der Waals surface area contributed by atoms with Crippen LogP contribution in [0.5, 0.6) is 0 Å². The molecule has 0 aromatic heterocycles. The van der Waals surface area contributed by atoms with E-state index in [0.717, 1.165) is 6.42 Å². The Kier molecular flexibility index (Phi) is 5.51. The topological polar surface area (TPSA) is 37.3 Å². The van der Waals surface area contributed by atoms with Crippen LogP contribution in [-0.4, -0.2) is 11.1 Å². The number of carboxylic acid groups (broad SMARTS) is 1. The Hall–Kier alpha value is -0.790. The van der Waals surface area contributed by atoms with E-state index < -0.39 is 5.97 Å². The minimum atomic E-state index is -0.727. The maximum Gasteiger partial charge on any atom is 0.307 e. The first-order chi connectivity index (χ1) is 6.41. The number of rotatable bonds is 6. The summed E-state index contributed by atoms with van der Waals surface area (Å²) in [6.07, 6.45) is 7.53. The van der Waals surface area contributed by atoms with Gasteiger partial charge >= 0.3 is 5.97 Å². The fourth-order valence-electron chi connectivity index (χ4n) is 1.17. The van der Waals surface area contributed by atoms with Crippen molar-refractivity contribution in [2.45, 2.75) is 47.0 Å². The van der Waals surface area contributed by atoms with Crippen molar-refractivity contribution in [3.05, 3.63) is 12.2 Å². The van der Waals surface area contributed by atoms with Gasteiger partial charge in [-0.3, -0.25) is 4.79 Å². The molecule has 0 heterocycles. The Morgan fingerprint density at radius 3 is 2.50 bits per heavy atom. The third kappa shape index (κ3) is 4.45. The summed E-state index contributed by atoms with van der Waals surface area (Å²) in [5, 5.41) is 8.89. The highest BCUT2D eigenvalue weighted by Crippen LogP contribution is 2.28. The molecule has 0 amide bonds. The Morgan fingerprint density at radius 2 is 2.07 bits per heavy atom. The van der Waals surface area contributed by atoms with E-state index in [2.05, 4.69) is 13.0 Å². The monoisotopic (exact) mass is 198 g/mol. The molecule has 0 fully saturated rings. The van der Waals surface area contributed by atoms with Crippen molar-refractivity contribution in [1.82, 2.24) is 0 Å². The number of unbranched alkanes of at least 4 members (excludes halogenated alkanes) is 2. The van der Waals surface area contributed by atoms with E-state index >= 15 is 0 Å². The molecular formula is C12H22O2. The second-order valence-electron chi connectivity index (χ2n) is 4.43. The van der Waals surface area contributed by atoms with E-state index in [1.165, 1.54) is 12.8 Å². The predicted molar refractivity (Wildman–Crippen MR) is 59.2 cm³/mol.